The molecule has 2 heteroatoms. The first-order valence-corrected chi connectivity index (χ1v) is 9.09. The molecule has 0 unspecified atom stereocenters. The van der Waals surface area contributed by atoms with Crippen molar-refractivity contribution in [2.75, 3.05) is 33.4 Å². The second kappa shape index (κ2) is 5.53. The van der Waals surface area contributed by atoms with E-state index in [0.29, 0.717) is 5.41 Å². The number of rotatable bonds is 2. The molecule has 4 rings (SSSR count). The maximum atomic E-state index is 5.21. The Balaban J connectivity index is 0.000000126. The van der Waals surface area contributed by atoms with Crippen LogP contribution in [0.4, 0.5) is 0 Å². The molecule has 2 spiro atoms. The summed E-state index contributed by atoms with van der Waals surface area (Å²) in [6.45, 7) is 14.2. The summed E-state index contributed by atoms with van der Waals surface area (Å²) in [6, 6.07) is 0. The molecular formula is C19H35NO. The average molecular weight is 293 g/mol. The van der Waals surface area contributed by atoms with Gasteiger partial charge in [-0.2, -0.15) is 0 Å². The monoisotopic (exact) mass is 293 g/mol. The summed E-state index contributed by atoms with van der Waals surface area (Å²) in [7, 11) is 2.23. The lowest BCUT2D eigenvalue weighted by atomic mass is 9.55. The van der Waals surface area contributed by atoms with E-state index in [0.717, 1.165) is 42.3 Å². The number of ether oxygens (including phenoxy) is 1. The molecule has 0 N–H and O–H groups in total. The fourth-order valence-electron chi connectivity index (χ4n) is 5.03. The Kier molecular flexibility index (Phi) is 4.16. The minimum Gasteiger partial charge on any atom is -0.380 e. The van der Waals surface area contributed by atoms with Crippen molar-refractivity contribution in [2.24, 2.45) is 34.5 Å². The van der Waals surface area contributed by atoms with E-state index in [1.165, 1.54) is 38.8 Å². The van der Waals surface area contributed by atoms with E-state index in [9.17, 15) is 0 Å². The SMILES string of the molecule is CC(C)C1CC2(C1)CN(C)C2.CC(C)C1CC2(COC2)C1. The molecule has 2 heterocycles. The molecule has 0 aromatic heterocycles. The van der Waals surface area contributed by atoms with Gasteiger partial charge in [0.1, 0.15) is 0 Å². The van der Waals surface area contributed by atoms with Crippen molar-refractivity contribution < 1.29 is 4.74 Å². The zero-order chi connectivity index (χ0) is 15.3. The number of nitrogens with zero attached hydrogens (tertiary/aromatic N) is 1. The largest absolute Gasteiger partial charge is 0.380 e. The molecule has 122 valence electrons. The van der Waals surface area contributed by atoms with Gasteiger partial charge in [0.25, 0.3) is 0 Å². The Morgan fingerprint density at radius 1 is 0.810 bits per heavy atom. The molecule has 2 saturated heterocycles. The Labute approximate surface area is 131 Å². The Bertz CT molecular complexity index is 350. The summed E-state index contributed by atoms with van der Waals surface area (Å²) in [5.41, 5.74) is 1.47. The Hall–Kier alpha value is -0.0800. The molecule has 0 amide bonds. The first kappa shape index (κ1) is 15.8. The normalized spacial score (nSPS) is 33.0. The van der Waals surface area contributed by atoms with Gasteiger partial charge in [0.05, 0.1) is 13.2 Å². The summed E-state index contributed by atoms with van der Waals surface area (Å²) in [5, 5.41) is 0. The van der Waals surface area contributed by atoms with Crippen molar-refractivity contribution in [1.82, 2.24) is 4.90 Å². The van der Waals surface area contributed by atoms with Crippen molar-refractivity contribution in [2.45, 2.75) is 53.4 Å². The molecule has 2 aliphatic carbocycles. The average Bonchev–Trinajstić information content (AvgIpc) is 2.16. The Morgan fingerprint density at radius 2 is 1.24 bits per heavy atom. The summed E-state index contributed by atoms with van der Waals surface area (Å²) in [4.78, 5) is 2.44. The van der Waals surface area contributed by atoms with Gasteiger partial charge in [-0.15, -0.1) is 0 Å². The molecule has 4 fully saturated rings. The predicted octanol–water partition coefficient (Wildman–Crippen LogP) is 4.05. The summed E-state index contributed by atoms with van der Waals surface area (Å²) < 4.78 is 5.21. The van der Waals surface area contributed by atoms with E-state index in [2.05, 4.69) is 39.6 Å². The first-order chi connectivity index (χ1) is 9.83. The number of likely N-dealkylation sites (tertiary alicyclic amines) is 1. The smallest absolute Gasteiger partial charge is 0.0545 e. The summed E-state index contributed by atoms with van der Waals surface area (Å²) >= 11 is 0. The molecule has 0 aromatic rings. The third-order valence-electron chi connectivity index (χ3n) is 6.69. The van der Waals surface area contributed by atoms with Crippen molar-refractivity contribution in [3.63, 3.8) is 0 Å². The highest BCUT2D eigenvalue weighted by Gasteiger charge is 2.51. The Morgan fingerprint density at radius 3 is 1.52 bits per heavy atom. The van der Waals surface area contributed by atoms with Gasteiger partial charge >= 0.3 is 0 Å². The van der Waals surface area contributed by atoms with Gasteiger partial charge in [-0.25, -0.2) is 0 Å². The van der Waals surface area contributed by atoms with Crippen molar-refractivity contribution in [1.29, 1.82) is 0 Å². The van der Waals surface area contributed by atoms with Gasteiger partial charge in [0.15, 0.2) is 0 Å². The maximum Gasteiger partial charge on any atom is 0.0545 e. The molecule has 21 heavy (non-hydrogen) atoms. The molecular weight excluding hydrogens is 258 g/mol. The number of hydrogen-bond donors (Lipinski definition) is 0. The third kappa shape index (κ3) is 3.03. The molecule has 0 radical (unpaired) electrons. The van der Waals surface area contributed by atoms with Gasteiger partial charge in [-0.05, 0) is 61.8 Å². The van der Waals surface area contributed by atoms with Gasteiger partial charge in [-0.3, -0.25) is 0 Å². The highest BCUT2D eigenvalue weighted by atomic mass is 16.5. The van der Waals surface area contributed by atoms with Crippen molar-refractivity contribution in [3.8, 4) is 0 Å². The van der Waals surface area contributed by atoms with Crippen molar-refractivity contribution >= 4 is 0 Å². The fourth-order valence-corrected chi connectivity index (χ4v) is 5.03. The van der Waals surface area contributed by atoms with Crippen molar-refractivity contribution in [3.05, 3.63) is 0 Å². The minimum absolute atomic E-state index is 0.676. The van der Waals surface area contributed by atoms with E-state index in [-0.39, 0.29) is 0 Å². The lowest BCUT2D eigenvalue weighted by molar-refractivity contribution is -0.185. The first-order valence-electron chi connectivity index (χ1n) is 9.09. The molecule has 2 saturated carbocycles. The molecule has 0 bridgehead atoms. The fraction of sp³-hybridized carbons (Fsp3) is 1.00. The second-order valence-corrected chi connectivity index (χ2v) is 9.49. The van der Waals surface area contributed by atoms with E-state index in [4.69, 9.17) is 4.74 Å². The van der Waals surface area contributed by atoms with Crippen LogP contribution >= 0.6 is 0 Å². The van der Waals surface area contributed by atoms with Crippen LogP contribution in [0, 0.1) is 34.5 Å². The highest BCUT2D eigenvalue weighted by molar-refractivity contribution is 5.03. The van der Waals surface area contributed by atoms with Crippen LogP contribution in [0.1, 0.15) is 53.4 Å². The van der Waals surface area contributed by atoms with Crippen LogP contribution in [0.15, 0.2) is 0 Å². The predicted molar refractivity (Wildman–Crippen MR) is 88.3 cm³/mol. The van der Waals surface area contributed by atoms with E-state index in [1.54, 1.807) is 0 Å². The van der Waals surface area contributed by atoms with Gasteiger partial charge in [0, 0.05) is 18.5 Å². The van der Waals surface area contributed by atoms with Crippen LogP contribution in [-0.4, -0.2) is 38.3 Å². The molecule has 0 atom stereocenters. The van der Waals surface area contributed by atoms with E-state index >= 15 is 0 Å². The van der Waals surface area contributed by atoms with Crippen LogP contribution in [0.25, 0.3) is 0 Å². The van der Waals surface area contributed by atoms with Gasteiger partial charge in [-0.1, -0.05) is 27.7 Å². The third-order valence-corrected chi connectivity index (χ3v) is 6.69. The van der Waals surface area contributed by atoms with Crippen LogP contribution in [0.2, 0.25) is 0 Å². The molecule has 0 aromatic carbocycles. The highest BCUT2D eigenvalue weighted by Crippen LogP contribution is 2.54. The lowest BCUT2D eigenvalue weighted by Gasteiger charge is -2.59. The molecule has 4 aliphatic rings. The quantitative estimate of drug-likeness (QED) is 0.761. The second-order valence-electron chi connectivity index (χ2n) is 9.49. The molecule has 2 nitrogen and oxygen atoms in total. The standard InChI is InChI=1S/C10H19N.C9H16O/c1-8(2)9-4-10(5-9)6-11(3)7-10;1-7(2)8-3-9(4-8)5-10-6-9/h8-9H,4-7H2,1-3H3;7-8H,3-6H2,1-2H3. The molecule has 2 aliphatic heterocycles. The van der Waals surface area contributed by atoms with Crippen LogP contribution in [0.5, 0.6) is 0 Å². The maximum absolute atomic E-state index is 5.21. The number of hydrogen-bond acceptors (Lipinski definition) is 2. The van der Waals surface area contributed by atoms with Gasteiger partial charge in [0.2, 0.25) is 0 Å². The van der Waals surface area contributed by atoms with Crippen LogP contribution < -0.4 is 0 Å². The summed E-state index contributed by atoms with van der Waals surface area (Å²) in [6.07, 6.45) is 5.89. The van der Waals surface area contributed by atoms with Gasteiger partial charge < -0.3 is 9.64 Å². The van der Waals surface area contributed by atoms with E-state index < -0.39 is 0 Å². The zero-order valence-electron chi connectivity index (χ0n) is 14.8. The lowest BCUT2D eigenvalue weighted by Crippen LogP contribution is -2.61. The zero-order valence-corrected chi connectivity index (χ0v) is 14.8. The minimum atomic E-state index is 0.676. The topological polar surface area (TPSA) is 12.5 Å². The van der Waals surface area contributed by atoms with E-state index in [1.807, 2.05) is 0 Å². The summed E-state index contributed by atoms with van der Waals surface area (Å²) in [5.74, 6) is 3.87. The van der Waals surface area contributed by atoms with Crippen LogP contribution in [-0.2, 0) is 4.74 Å². The van der Waals surface area contributed by atoms with Crippen LogP contribution in [0.3, 0.4) is 0 Å².